The van der Waals surface area contributed by atoms with Gasteiger partial charge in [0.2, 0.25) is 0 Å². The summed E-state index contributed by atoms with van der Waals surface area (Å²) < 4.78 is 3.39. The van der Waals surface area contributed by atoms with Gasteiger partial charge in [-0.25, -0.2) is 0 Å². The van der Waals surface area contributed by atoms with E-state index in [0.29, 0.717) is 0 Å². The Morgan fingerprint density at radius 1 is 0.682 bits per heavy atom. The summed E-state index contributed by atoms with van der Waals surface area (Å²) in [4.78, 5) is 0. The zero-order valence-corrected chi connectivity index (χ0v) is 20.2. The average Bonchev–Trinajstić information content (AvgIpc) is 2.78. The summed E-state index contributed by atoms with van der Waals surface area (Å²) in [7, 11) is 0. The fourth-order valence-electron chi connectivity index (χ4n) is 2.27. The zero-order valence-electron chi connectivity index (χ0n) is 15.1. The van der Waals surface area contributed by atoms with E-state index >= 15 is 0 Å². The third-order valence-corrected chi connectivity index (χ3v) is 4.36. The van der Waals surface area contributed by atoms with Gasteiger partial charge in [-0.05, 0) is 0 Å². The Bertz CT molecular complexity index is 467. The van der Waals surface area contributed by atoms with Crippen molar-refractivity contribution in [3.8, 4) is 0 Å². The van der Waals surface area contributed by atoms with Gasteiger partial charge in [0, 0.05) is 0 Å². The molecule has 0 aromatic heterocycles. The van der Waals surface area contributed by atoms with Crippen LogP contribution in [0.5, 0.6) is 0 Å². The van der Waals surface area contributed by atoms with Crippen LogP contribution >= 0.6 is 0 Å². The molecule has 2 rings (SSSR count). The summed E-state index contributed by atoms with van der Waals surface area (Å²) in [5, 5.41) is 0. The average molecular weight is 506 g/mol. The Morgan fingerprint density at radius 3 is 0.955 bits per heavy atom. The van der Waals surface area contributed by atoms with Crippen LogP contribution in [0.4, 0.5) is 0 Å². The SMILES string of the molecule is Cc1c[c-](C)c(C)c1C.Cc1c[c-](C)c(C)c1C.[CH2]=[Hf+2].[Cl-].[Cl-]. The Labute approximate surface area is 164 Å². The fraction of sp³-hybridized carbons (Fsp3) is 0.421. The van der Waals surface area contributed by atoms with Crippen LogP contribution in [0.3, 0.4) is 0 Å². The molecule has 2 aromatic carbocycles. The van der Waals surface area contributed by atoms with Crippen LogP contribution < -0.4 is 24.8 Å². The summed E-state index contributed by atoms with van der Waals surface area (Å²) in [6, 6.07) is 4.48. The van der Waals surface area contributed by atoms with Crippen LogP contribution in [0.2, 0.25) is 0 Å². The van der Waals surface area contributed by atoms with Gasteiger partial charge >= 0.3 is 28.2 Å². The van der Waals surface area contributed by atoms with E-state index in [1.165, 1.54) is 44.5 Å². The minimum absolute atomic E-state index is 0. The molecule has 0 aliphatic carbocycles. The minimum atomic E-state index is 0. The van der Waals surface area contributed by atoms with Gasteiger partial charge < -0.3 is 24.8 Å². The molecular formula is C19H28Cl2Hf-2. The van der Waals surface area contributed by atoms with Gasteiger partial charge in [-0.1, -0.05) is 55.4 Å². The minimum Gasteiger partial charge on any atom is -1.00 e. The molecule has 124 valence electrons. The van der Waals surface area contributed by atoms with E-state index in [4.69, 9.17) is 0 Å². The topological polar surface area (TPSA) is 0 Å². The Morgan fingerprint density at radius 2 is 0.909 bits per heavy atom. The molecule has 0 heterocycles. The van der Waals surface area contributed by atoms with Crippen LogP contribution in [-0.2, 0) is 23.9 Å². The van der Waals surface area contributed by atoms with Gasteiger partial charge in [-0.15, -0.1) is 0 Å². The third-order valence-electron chi connectivity index (χ3n) is 4.36. The first kappa shape index (κ1) is 26.9. The molecule has 0 saturated heterocycles. The number of hydrogen-bond donors (Lipinski definition) is 0. The molecule has 3 heteroatoms. The smallest absolute Gasteiger partial charge is 1.00 e. The number of aryl methyl sites for hydroxylation is 4. The standard InChI is InChI=1S/2C9H13.CH2.2ClH.Hf/c2*1-6-5-7(2)9(4)8(6)3;;;;/h2*5H,1-4H3;1H2;2*1H;/q2*-1;;;;+2/p-2. The second-order valence-corrected chi connectivity index (χ2v) is 5.52. The maximum Gasteiger partial charge on any atom is -1.00 e. The fourth-order valence-corrected chi connectivity index (χ4v) is 2.27. The molecule has 0 aliphatic heterocycles. The first-order valence-electron chi connectivity index (χ1n) is 7.01. The van der Waals surface area contributed by atoms with Crippen LogP contribution in [0.25, 0.3) is 0 Å². The van der Waals surface area contributed by atoms with E-state index in [9.17, 15) is 0 Å². The number of hydrogen-bond acceptors (Lipinski definition) is 0. The second kappa shape index (κ2) is 12.4. The largest absolute Gasteiger partial charge is 1.00 e. The molecule has 0 spiro atoms. The quantitative estimate of drug-likeness (QED) is 0.327. The predicted octanol–water partition coefficient (Wildman–Crippen LogP) is -0.748. The summed E-state index contributed by atoms with van der Waals surface area (Å²) in [6.07, 6.45) is 0. The van der Waals surface area contributed by atoms with Gasteiger partial charge in [-0.3, -0.25) is 0 Å². The van der Waals surface area contributed by atoms with Gasteiger partial charge in [0.15, 0.2) is 0 Å². The molecule has 22 heavy (non-hydrogen) atoms. The molecule has 0 bridgehead atoms. The van der Waals surface area contributed by atoms with E-state index in [1.807, 2.05) is 0 Å². The molecule has 0 unspecified atom stereocenters. The van der Waals surface area contributed by atoms with Crippen molar-refractivity contribution in [2.45, 2.75) is 55.4 Å². The molecule has 0 saturated carbocycles. The molecule has 0 N–H and O–H groups in total. The van der Waals surface area contributed by atoms with E-state index in [1.54, 1.807) is 0 Å². The van der Waals surface area contributed by atoms with Gasteiger partial charge in [0.25, 0.3) is 0 Å². The molecule has 2 aromatic rings. The van der Waals surface area contributed by atoms with Crippen molar-refractivity contribution in [1.82, 2.24) is 0 Å². The van der Waals surface area contributed by atoms with Crippen molar-refractivity contribution < 1.29 is 48.7 Å². The van der Waals surface area contributed by atoms with Crippen molar-refractivity contribution in [1.29, 1.82) is 0 Å². The molecule has 0 amide bonds. The second-order valence-electron chi connectivity index (χ2n) is 5.52. The van der Waals surface area contributed by atoms with Crippen molar-refractivity contribution >= 4 is 4.26 Å². The third kappa shape index (κ3) is 7.06. The zero-order chi connectivity index (χ0) is 16.0. The normalized spacial score (nSPS) is 8.64. The van der Waals surface area contributed by atoms with Gasteiger partial charge in [-0.2, -0.15) is 56.6 Å². The number of halogens is 2. The monoisotopic (exact) mass is 506 g/mol. The van der Waals surface area contributed by atoms with Crippen molar-refractivity contribution in [2.24, 2.45) is 0 Å². The van der Waals surface area contributed by atoms with Crippen LogP contribution in [0.1, 0.15) is 44.5 Å². The van der Waals surface area contributed by atoms with E-state index in [-0.39, 0.29) is 24.8 Å². The molecular weight excluding hydrogens is 478 g/mol. The maximum absolute atomic E-state index is 3.39. The van der Waals surface area contributed by atoms with Crippen LogP contribution in [0, 0.1) is 55.4 Å². The predicted molar refractivity (Wildman–Crippen MR) is 89.1 cm³/mol. The Hall–Kier alpha value is 0.0201. The van der Waals surface area contributed by atoms with Gasteiger partial charge in [0.05, 0.1) is 0 Å². The first-order valence-corrected chi connectivity index (χ1v) is 9.55. The summed E-state index contributed by atoms with van der Waals surface area (Å²) in [5.41, 5.74) is 11.5. The first-order chi connectivity index (χ1) is 9.25. The molecule has 0 fully saturated rings. The molecule has 0 nitrogen and oxygen atoms in total. The van der Waals surface area contributed by atoms with Gasteiger partial charge in [0.1, 0.15) is 0 Å². The molecule has 0 radical (unpaired) electrons. The number of rotatable bonds is 0. The summed E-state index contributed by atoms with van der Waals surface area (Å²) in [6.45, 7) is 17.4. The van der Waals surface area contributed by atoms with E-state index in [0.717, 1.165) is 23.9 Å². The molecule has 0 atom stereocenters. The Balaban J connectivity index is -0.000000273. The van der Waals surface area contributed by atoms with Crippen LogP contribution in [-0.4, -0.2) is 4.26 Å². The Kier molecular flexibility index (Phi) is 15.2. The summed E-state index contributed by atoms with van der Waals surface area (Å²) in [5.74, 6) is 0. The van der Waals surface area contributed by atoms with Crippen molar-refractivity contribution in [3.63, 3.8) is 0 Å². The van der Waals surface area contributed by atoms with E-state index in [2.05, 4.69) is 71.8 Å². The maximum atomic E-state index is 3.39. The van der Waals surface area contributed by atoms with Crippen molar-refractivity contribution in [3.05, 3.63) is 56.6 Å². The molecule has 0 aliphatic rings. The van der Waals surface area contributed by atoms with Crippen molar-refractivity contribution in [2.75, 3.05) is 0 Å². The van der Waals surface area contributed by atoms with E-state index < -0.39 is 0 Å². The van der Waals surface area contributed by atoms with Crippen LogP contribution in [0.15, 0.2) is 12.1 Å². The summed E-state index contributed by atoms with van der Waals surface area (Å²) >= 11 is 1.06.